The Labute approximate surface area is 134 Å². The topological polar surface area (TPSA) is 68.0 Å². The molecule has 0 amide bonds. The van der Waals surface area contributed by atoms with Gasteiger partial charge in [0, 0.05) is 10.4 Å². The number of hydrogen-bond acceptors (Lipinski definition) is 4. The molecule has 0 aliphatic heterocycles. The molecule has 1 aliphatic rings. The first-order valence-electron chi connectivity index (χ1n) is 6.62. The third-order valence-electron chi connectivity index (χ3n) is 3.34. The average Bonchev–Trinajstić information content (AvgIpc) is 3.20. The Morgan fingerprint density at radius 3 is 2.90 bits per heavy atom. The van der Waals surface area contributed by atoms with Crippen LogP contribution in [0.15, 0.2) is 27.8 Å². The Morgan fingerprint density at radius 1 is 1.48 bits per heavy atom. The van der Waals surface area contributed by atoms with Gasteiger partial charge in [-0.05, 0) is 37.5 Å². The zero-order valence-corrected chi connectivity index (χ0v) is 13.8. The second kappa shape index (κ2) is 5.81. The number of carboxylic acids is 1. The number of benzene rings is 1. The van der Waals surface area contributed by atoms with Crippen molar-refractivity contribution in [1.29, 1.82) is 0 Å². The van der Waals surface area contributed by atoms with Crippen molar-refractivity contribution >= 4 is 33.7 Å². The summed E-state index contributed by atoms with van der Waals surface area (Å²) in [6, 6.07) is 6.04. The second-order valence-electron chi connectivity index (χ2n) is 5.06. The Morgan fingerprint density at radius 2 is 2.24 bits per heavy atom. The number of aryl methyl sites for hydroxylation is 1. The molecule has 21 heavy (non-hydrogen) atoms. The van der Waals surface area contributed by atoms with Crippen LogP contribution in [0.4, 0.5) is 0 Å². The minimum absolute atomic E-state index is 0.0180. The predicted octanol–water partition coefficient (Wildman–Crippen LogP) is 3.39. The number of nitrogens with zero attached hydrogens (tertiary/aromatic N) is 3. The third-order valence-corrected chi connectivity index (χ3v) is 4.74. The van der Waals surface area contributed by atoms with Gasteiger partial charge in [-0.3, -0.25) is 9.36 Å². The Bertz CT molecular complexity index is 698. The summed E-state index contributed by atoms with van der Waals surface area (Å²) in [5.41, 5.74) is 2.11. The largest absolute Gasteiger partial charge is 0.481 e. The van der Waals surface area contributed by atoms with Crippen molar-refractivity contribution in [2.24, 2.45) is 0 Å². The van der Waals surface area contributed by atoms with Crippen LogP contribution in [0, 0.1) is 6.92 Å². The molecular formula is C14H14BrN3O2S. The van der Waals surface area contributed by atoms with E-state index in [1.165, 1.54) is 11.8 Å². The Hall–Kier alpha value is -1.34. The van der Waals surface area contributed by atoms with Crippen molar-refractivity contribution in [1.82, 2.24) is 14.8 Å². The second-order valence-corrected chi connectivity index (χ2v) is 6.92. The van der Waals surface area contributed by atoms with Gasteiger partial charge in [-0.2, -0.15) is 0 Å². The molecule has 5 nitrogen and oxygen atoms in total. The number of thioether (sulfide) groups is 1. The lowest BCUT2D eigenvalue weighted by Gasteiger charge is -2.12. The summed E-state index contributed by atoms with van der Waals surface area (Å²) in [5.74, 6) is 0.503. The van der Waals surface area contributed by atoms with Crippen LogP contribution in [-0.4, -0.2) is 31.6 Å². The first-order valence-corrected chi connectivity index (χ1v) is 8.40. The molecule has 0 spiro atoms. The fourth-order valence-electron chi connectivity index (χ4n) is 2.16. The lowest BCUT2D eigenvalue weighted by atomic mass is 10.2. The van der Waals surface area contributed by atoms with Gasteiger partial charge >= 0.3 is 5.97 Å². The van der Waals surface area contributed by atoms with Crippen LogP contribution in [0.25, 0.3) is 5.69 Å². The van der Waals surface area contributed by atoms with E-state index in [0.29, 0.717) is 11.1 Å². The first-order chi connectivity index (χ1) is 10.1. The highest BCUT2D eigenvalue weighted by Gasteiger charge is 2.31. The van der Waals surface area contributed by atoms with E-state index >= 15 is 0 Å². The molecule has 0 bridgehead atoms. The molecule has 7 heteroatoms. The molecule has 0 radical (unpaired) electrons. The van der Waals surface area contributed by atoms with E-state index in [0.717, 1.165) is 34.4 Å². The Balaban J connectivity index is 2.07. The molecule has 1 aromatic carbocycles. The van der Waals surface area contributed by atoms with Gasteiger partial charge in [-0.25, -0.2) is 0 Å². The molecule has 1 saturated carbocycles. The summed E-state index contributed by atoms with van der Waals surface area (Å²) in [6.45, 7) is 2.03. The van der Waals surface area contributed by atoms with Crippen LogP contribution in [0.3, 0.4) is 0 Å². The fraction of sp³-hybridized carbons (Fsp3) is 0.357. The van der Waals surface area contributed by atoms with Gasteiger partial charge in [0.15, 0.2) is 5.16 Å². The molecule has 1 N–H and O–H groups in total. The molecule has 3 rings (SSSR count). The third kappa shape index (κ3) is 3.13. The maximum atomic E-state index is 10.8. The number of carbonyl (C=O) groups is 1. The zero-order chi connectivity index (χ0) is 15.0. The lowest BCUT2D eigenvalue weighted by Crippen LogP contribution is -2.06. The average molecular weight is 368 g/mol. The van der Waals surface area contributed by atoms with E-state index in [9.17, 15) is 4.79 Å². The Kier molecular flexibility index (Phi) is 4.03. The van der Waals surface area contributed by atoms with Crippen molar-refractivity contribution in [3.05, 3.63) is 34.1 Å². The molecule has 1 fully saturated rings. The van der Waals surface area contributed by atoms with E-state index in [1.54, 1.807) is 0 Å². The molecule has 0 atom stereocenters. The molecule has 110 valence electrons. The molecular weight excluding hydrogens is 354 g/mol. The molecule has 0 saturated heterocycles. The van der Waals surface area contributed by atoms with E-state index < -0.39 is 5.97 Å². The van der Waals surface area contributed by atoms with Crippen molar-refractivity contribution in [2.45, 2.75) is 30.8 Å². The maximum absolute atomic E-state index is 10.8. The standard InChI is InChI=1S/C14H14BrN3O2S/c1-8-2-5-10(15)6-11(8)18-13(9-3-4-9)16-17-14(18)21-7-12(19)20/h2,5-6,9H,3-4,7H2,1H3,(H,19,20). The smallest absolute Gasteiger partial charge is 0.313 e. The summed E-state index contributed by atoms with van der Waals surface area (Å²) in [6.07, 6.45) is 2.24. The molecule has 0 unspecified atom stereocenters. The predicted molar refractivity (Wildman–Crippen MR) is 84.1 cm³/mol. The van der Waals surface area contributed by atoms with Crippen molar-refractivity contribution < 1.29 is 9.90 Å². The minimum atomic E-state index is -0.853. The maximum Gasteiger partial charge on any atom is 0.313 e. The number of rotatable bonds is 5. The van der Waals surface area contributed by atoms with Crippen LogP contribution in [0.2, 0.25) is 0 Å². The van der Waals surface area contributed by atoms with Crippen molar-refractivity contribution in [3.63, 3.8) is 0 Å². The summed E-state index contributed by atoms with van der Waals surface area (Å²) >= 11 is 4.70. The summed E-state index contributed by atoms with van der Waals surface area (Å²) < 4.78 is 2.98. The number of hydrogen-bond donors (Lipinski definition) is 1. The number of aromatic nitrogens is 3. The number of aliphatic carboxylic acids is 1. The number of carboxylic acid groups (broad SMARTS) is 1. The molecule has 1 aliphatic carbocycles. The van der Waals surface area contributed by atoms with Gasteiger partial charge in [0.05, 0.1) is 11.4 Å². The fourth-order valence-corrected chi connectivity index (χ4v) is 3.18. The number of halogens is 1. The van der Waals surface area contributed by atoms with E-state index in [4.69, 9.17) is 5.11 Å². The van der Waals surface area contributed by atoms with Gasteiger partial charge < -0.3 is 5.11 Å². The van der Waals surface area contributed by atoms with Crippen LogP contribution >= 0.6 is 27.7 Å². The van der Waals surface area contributed by atoms with E-state index in [2.05, 4.69) is 26.1 Å². The normalized spacial score (nSPS) is 14.4. The van der Waals surface area contributed by atoms with Gasteiger partial charge in [0.2, 0.25) is 0 Å². The highest BCUT2D eigenvalue weighted by atomic mass is 79.9. The van der Waals surface area contributed by atoms with Crippen molar-refractivity contribution in [2.75, 3.05) is 5.75 Å². The zero-order valence-electron chi connectivity index (χ0n) is 11.4. The van der Waals surface area contributed by atoms with E-state index in [-0.39, 0.29) is 5.75 Å². The highest BCUT2D eigenvalue weighted by Crippen LogP contribution is 2.41. The van der Waals surface area contributed by atoms with Gasteiger partial charge in [0.1, 0.15) is 5.82 Å². The summed E-state index contributed by atoms with van der Waals surface area (Å²) in [7, 11) is 0. The van der Waals surface area contributed by atoms with E-state index in [1.807, 2.05) is 29.7 Å². The first kappa shape index (κ1) is 14.6. The lowest BCUT2D eigenvalue weighted by molar-refractivity contribution is -0.133. The summed E-state index contributed by atoms with van der Waals surface area (Å²) in [4.78, 5) is 10.8. The van der Waals surface area contributed by atoms with Gasteiger partial charge in [0.25, 0.3) is 0 Å². The molecule has 1 aromatic heterocycles. The van der Waals surface area contributed by atoms with Crippen LogP contribution < -0.4 is 0 Å². The SMILES string of the molecule is Cc1ccc(Br)cc1-n1c(SCC(=O)O)nnc1C1CC1. The van der Waals surface area contributed by atoms with Gasteiger partial charge in [-0.1, -0.05) is 33.8 Å². The monoisotopic (exact) mass is 367 g/mol. The summed E-state index contributed by atoms with van der Waals surface area (Å²) in [5, 5.41) is 18.0. The van der Waals surface area contributed by atoms with Crippen LogP contribution in [0.1, 0.15) is 30.1 Å². The molecule has 2 aromatic rings. The highest BCUT2D eigenvalue weighted by molar-refractivity contribution is 9.10. The van der Waals surface area contributed by atoms with Crippen molar-refractivity contribution in [3.8, 4) is 5.69 Å². The minimum Gasteiger partial charge on any atom is -0.481 e. The quantitative estimate of drug-likeness (QED) is 0.820. The van der Waals surface area contributed by atoms with Crippen LogP contribution in [0.5, 0.6) is 0 Å². The van der Waals surface area contributed by atoms with Gasteiger partial charge in [-0.15, -0.1) is 10.2 Å². The molecule has 1 heterocycles. The van der Waals surface area contributed by atoms with Crippen LogP contribution in [-0.2, 0) is 4.79 Å².